The van der Waals surface area contributed by atoms with Crippen LogP contribution in [-0.4, -0.2) is 30.3 Å². The Bertz CT molecular complexity index is 181. The van der Waals surface area contributed by atoms with Gasteiger partial charge in [0, 0.05) is 5.92 Å². The second-order valence-corrected chi connectivity index (χ2v) is 4.75. The molecule has 0 spiro atoms. The van der Waals surface area contributed by atoms with Crippen LogP contribution in [0.15, 0.2) is 0 Å². The Morgan fingerprint density at radius 3 is 2.12 bits per heavy atom. The van der Waals surface area contributed by atoms with Gasteiger partial charge in [0.1, 0.15) is 5.78 Å². The van der Waals surface area contributed by atoms with Crippen LogP contribution >= 0.6 is 0 Å². The van der Waals surface area contributed by atoms with Gasteiger partial charge in [0.2, 0.25) is 0 Å². The molecule has 0 aromatic heterocycles. The number of carbonyl (C=O) groups excluding carboxylic acids is 1. The zero-order chi connectivity index (χ0) is 12.6. The van der Waals surface area contributed by atoms with Crippen molar-refractivity contribution in [2.45, 2.75) is 53.9 Å². The van der Waals surface area contributed by atoms with Crippen molar-refractivity contribution in [3.05, 3.63) is 0 Å². The molecule has 0 saturated carbocycles. The van der Waals surface area contributed by atoms with Crippen LogP contribution < -0.4 is 0 Å². The van der Waals surface area contributed by atoms with Gasteiger partial charge in [-0.05, 0) is 31.8 Å². The number of hydrogen-bond acceptors (Lipinski definition) is 2. The average molecular weight is 227 g/mol. The van der Waals surface area contributed by atoms with Gasteiger partial charge >= 0.3 is 0 Å². The van der Waals surface area contributed by atoms with Gasteiger partial charge in [-0.3, -0.25) is 9.69 Å². The molecule has 96 valence electrons. The first-order valence-corrected chi connectivity index (χ1v) is 6.88. The summed E-state index contributed by atoms with van der Waals surface area (Å²) in [4.78, 5) is 13.8. The summed E-state index contributed by atoms with van der Waals surface area (Å²) in [6.45, 7) is 13.2. The van der Waals surface area contributed by atoms with E-state index < -0.39 is 0 Å². The van der Waals surface area contributed by atoms with Crippen molar-refractivity contribution in [1.29, 1.82) is 0 Å². The maximum absolute atomic E-state index is 11.5. The maximum Gasteiger partial charge on any atom is 0.149 e. The van der Waals surface area contributed by atoms with E-state index in [0.717, 1.165) is 19.0 Å². The Morgan fingerprint density at radius 1 is 1.25 bits per heavy atom. The van der Waals surface area contributed by atoms with Gasteiger partial charge in [-0.2, -0.15) is 0 Å². The van der Waals surface area contributed by atoms with E-state index in [4.69, 9.17) is 0 Å². The van der Waals surface area contributed by atoms with Crippen LogP contribution in [0.4, 0.5) is 0 Å². The van der Waals surface area contributed by atoms with Gasteiger partial charge in [-0.25, -0.2) is 0 Å². The van der Waals surface area contributed by atoms with Crippen LogP contribution in [0.25, 0.3) is 0 Å². The maximum atomic E-state index is 11.5. The van der Waals surface area contributed by atoms with Crippen molar-refractivity contribution < 1.29 is 4.79 Å². The topological polar surface area (TPSA) is 20.3 Å². The van der Waals surface area contributed by atoms with Gasteiger partial charge < -0.3 is 0 Å². The molecule has 0 amide bonds. The fourth-order valence-electron chi connectivity index (χ4n) is 1.96. The van der Waals surface area contributed by atoms with E-state index in [1.165, 1.54) is 19.3 Å². The Labute approximate surface area is 101 Å². The lowest BCUT2D eigenvalue weighted by atomic mass is 9.94. The molecule has 0 radical (unpaired) electrons. The first-order chi connectivity index (χ1) is 7.63. The number of nitrogens with zero attached hydrogens (tertiary/aromatic N) is 1. The standard InChI is InChI=1S/C12H23NO.C2H6/c1-4-11-5-7-13(8-6-11)9-12(14)10(2)3;1-2/h10-11H,4-9H2,1-3H3;1-2H3. The molecule has 0 N–H and O–H groups in total. The molecular weight excluding hydrogens is 198 g/mol. The zero-order valence-electron chi connectivity index (χ0n) is 11.8. The Morgan fingerprint density at radius 2 is 1.75 bits per heavy atom. The number of hydrogen-bond donors (Lipinski definition) is 0. The summed E-state index contributed by atoms with van der Waals surface area (Å²) in [7, 11) is 0. The highest BCUT2D eigenvalue weighted by Crippen LogP contribution is 2.19. The Kier molecular flexibility index (Phi) is 8.54. The number of piperidine rings is 1. The molecule has 0 bridgehead atoms. The molecule has 1 aliphatic rings. The van der Waals surface area contributed by atoms with Gasteiger partial charge in [0.15, 0.2) is 0 Å². The van der Waals surface area contributed by atoms with E-state index in [1.54, 1.807) is 0 Å². The predicted molar refractivity (Wildman–Crippen MR) is 70.6 cm³/mol. The molecule has 0 aliphatic carbocycles. The highest BCUT2D eigenvalue weighted by atomic mass is 16.1. The summed E-state index contributed by atoms with van der Waals surface area (Å²) < 4.78 is 0. The second-order valence-electron chi connectivity index (χ2n) is 4.75. The largest absolute Gasteiger partial charge is 0.298 e. The normalized spacial score (nSPS) is 18.1. The third kappa shape index (κ3) is 5.64. The van der Waals surface area contributed by atoms with Gasteiger partial charge in [0.25, 0.3) is 0 Å². The predicted octanol–water partition coefficient (Wildman–Crippen LogP) is 3.36. The lowest BCUT2D eigenvalue weighted by Crippen LogP contribution is -2.38. The molecule has 2 heteroatoms. The van der Waals surface area contributed by atoms with Crippen LogP contribution in [0, 0.1) is 11.8 Å². The molecule has 1 heterocycles. The minimum Gasteiger partial charge on any atom is -0.298 e. The van der Waals surface area contributed by atoms with Crippen LogP contribution in [-0.2, 0) is 4.79 Å². The molecular formula is C14H29NO. The average Bonchev–Trinajstić information content (AvgIpc) is 2.32. The highest BCUT2D eigenvalue weighted by Gasteiger charge is 2.20. The Balaban J connectivity index is 0.00000106. The van der Waals surface area contributed by atoms with E-state index in [2.05, 4.69) is 11.8 Å². The highest BCUT2D eigenvalue weighted by molar-refractivity contribution is 5.82. The smallest absolute Gasteiger partial charge is 0.149 e. The number of rotatable bonds is 4. The summed E-state index contributed by atoms with van der Waals surface area (Å²) in [5.74, 6) is 1.49. The summed E-state index contributed by atoms with van der Waals surface area (Å²) in [5, 5.41) is 0. The Hall–Kier alpha value is -0.370. The minimum atomic E-state index is 0.193. The van der Waals surface area contributed by atoms with E-state index in [-0.39, 0.29) is 5.92 Å². The number of likely N-dealkylation sites (tertiary alicyclic amines) is 1. The van der Waals surface area contributed by atoms with Gasteiger partial charge in [0.05, 0.1) is 6.54 Å². The van der Waals surface area contributed by atoms with Crippen molar-refractivity contribution >= 4 is 5.78 Å². The van der Waals surface area contributed by atoms with Crippen molar-refractivity contribution in [1.82, 2.24) is 4.90 Å². The molecule has 16 heavy (non-hydrogen) atoms. The summed E-state index contributed by atoms with van der Waals surface area (Å²) >= 11 is 0. The van der Waals surface area contributed by atoms with Crippen LogP contribution in [0.3, 0.4) is 0 Å². The fraction of sp³-hybridized carbons (Fsp3) is 0.929. The van der Waals surface area contributed by atoms with Crippen molar-refractivity contribution in [2.75, 3.05) is 19.6 Å². The molecule has 1 rings (SSSR count). The monoisotopic (exact) mass is 227 g/mol. The van der Waals surface area contributed by atoms with Crippen LogP contribution in [0.1, 0.15) is 53.9 Å². The molecule has 1 fully saturated rings. The van der Waals surface area contributed by atoms with Crippen LogP contribution in [0.5, 0.6) is 0 Å². The van der Waals surface area contributed by atoms with Crippen molar-refractivity contribution in [3.63, 3.8) is 0 Å². The molecule has 2 nitrogen and oxygen atoms in total. The zero-order valence-corrected chi connectivity index (χ0v) is 11.8. The number of Topliss-reactive ketones (excluding diaryl/α,β-unsaturated/α-hetero) is 1. The quantitative estimate of drug-likeness (QED) is 0.734. The molecule has 0 atom stereocenters. The SMILES string of the molecule is CC.CCC1CCN(CC(=O)C(C)C)CC1. The van der Waals surface area contributed by atoms with Gasteiger partial charge in [-0.15, -0.1) is 0 Å². The van der Waals surface area contributed by atoms with E-state index >= 15 is 0 Å². The van der Waals surface area contributed by atoms with E-state index in [9.17, 15) is 4.79 Å². The third-order valence-corrected chi connectivity index (χ3v) is 3.31. The minimum absolute atomic E-state index is 0.193. The molecule has 0 unspecified atom stereocenters. The summed E-state index contributed by atoms with van der Waals surface area (Å²) in [5.41, 5.74) is 0. The summed E-state index contributed by atoms with van der Waals surface area (Å²) in [6.07, 6.45) is 3.86. The number of ketones is 1. The van der Waals surface area contributed by atoms with Crippen molar-refractivity contribution in [2.24, 2.45) is 11.8 Å². The summed E-state index contributed by atoms with van der Waals surface area (Å²) in [6, 6.07) is 0. The van der Waals surface area contributed by atoms with Crippen molar-refractivity contribution in [3.8, 4) is 0 Å². The molecule has 0 aromatic rings. The lowest BCUT2D eigenvalue weighted by Gasteiger charge is -2.31. The first-order valence-electron chi connectivity index (χ1n) is 6.88. The van der Waals surface area contributed by atoms with Crippen LogP contribution in [0.2, 0.25) is 0 Å². The molecule has 0 aromatic carbocycles. The van der Waals surface area contributed by atoms with Gasteiger partial charge in [-0.1, -0.05) is 41.0 Å². The van der Waals surface area contributed by atoms with E-state index in [1.807, 2.05) is 27.7 Å². The fourth-order valence-corrected chi connectivity index (χ4v) is 1.96. The number of carbonyl (C=O) groups is 1. The third-order valence-electron chi connectivity index (χ3n) is 3.31. The second kappa shape index (κ2) is 8.74. The van der Waals surface area contributed by atoms with E-state index in [0.29, 0.717) is 12.3 Å². The molecule has 1 aliphatic heterocycles. The lowest BCUT2D eigenvalue weighted by molar-refractivity contribution is -0.123. The first kappa shape index (κ1) is 15.6. The molecule has 1 saturated heterocycles.